The van der Waals surface area contributed by atoms with Gasteiger partial charge < -0.3 is 8.98 Å². The van der Waals surface area contributed by atoms with Crippen LogP contribution in [0.4, 0.5) is 0 Å². The molecule has 1 N–H and O–H groups in total. The third-order valence-corrected chi connectivity index (χ3v) is 6.30. The Morgan fingerprint density at radius 1 is 1.19 bits per heavy atom. The molecule has 0 spiro atoms. The van der Waals surface area contributed by atoms with Crippen LogP contribution in [-0.4, -0.2) is 23.2 Å². The number of nitrogens with zero attached hydrogens (tertiary/aromatic N) is 3. The smallest absolute Gasteiger partial charge is 0.264 e. The molecule has 26 heavy (non-hydrogen) atoms. The number of sulfonamides is 1. The van der Waals surface area contributed by atoms with Gasteiger partial charge in [0.1, 0.15) is 10.6 Å². The summed E-state index contributed by atoms with van der Waals surface area (Å²) in [6.45, 7) is 5.25. The molecule has 138 valence electrons. The second-order valence-corrected chi connectivity index (χ2v) is 8.10. The predicted octanol–water partition coefficient (Wildman–Crippen LogP) is 3.13. The minimum atomic E-state index is -3.76. The number of aryl methyl sites for hydroxylation is 1. The summed E-state index contributed by atoms with van der Waals surface area (Å²) in [4.78, 5) is 0.206. The fourth-order valence-electron chi connectivity index (χ4n) is 2.93. The molecule has 0 aliphatic carbocycles. The summed E-state index contributed by atoms with van der Waals surface area (Å²) in [5.74, 6) is 0.706. The fraction of sp³-hybridized carbons (Fsp3) is 0.294. The van der Waals surface area contributed by atoms with Gasteiger partial charge in [-0.3, -0.25) is 0 Å². The Kier molecular flexibility index (Phi) is 4.92. The lowest BCUT2D eigenvalue weighted by atomic mass is 10.2. The third kappa shape index (κ3) is 3.27. The van der Waals surface area contributed by atoms with E-state index in [0.717, 1.165) is 0 Å². The van der Waals surface area contributed by atoms with Crippen molar-refractivity contribution in [3.05, 3.63) is 52.0 Å². The minimum Gasteiger partial charge on any atom is -0.420 e. The summed E-state index contributed by atoms with van der Waals surface area (Å²) in [6, 6.07) is 7.11. The van der Waals surface area contributed by atoms with Gasteiger partial charge in [0, 0.05) is 36.8 Å². The first kappa shape index (κ1) is 18.6. The Bertz CT molecular complexity index is 1070. The van der Waals surface area contributed by atoms with Gasteiger partial charge in [0.05, 0.1) is 0 Å². The summed E-state index contributed by atoms with van der Waals surface area (Å²) in [5.41, 5.74) is 2.43. The lowest BCUT2D eigenvalue weighted by Crippen LogP contribution is -2.24. The van der Waals surface area contributed by atoms with E-state index in [2.05, 4.69) is 14.9 Å². The first-order valence-corrected chi connectivity index (χ1v) is 9.78. The lowest BCUT2D eigenvalue weighted by Gasteiger charge is -2.09. The van der Waals surface area contributed by atoms with Crippen molar-refractivity contribution in [3.8, 4) is 11.6 Å². The molecule has 3 rings (SSSR count). The van der Waals surface area contributed by atoms with Crippen LogP contribution in [0.5, 0.6) is 0 Å². The number of aromatic nitrogens is 3. The van der Waals surface area contributed by atoms with Gasteiger partial charge in [-0.25, -0.2) is 13.1 Å². The summed E-state index contributed by atoms with van der Waals surface area (Å²) < 4.78 is 35.7. The maximum absolute atomic E-state index is 12.9. The van der Waals surface area contributed by atoms with Gasteiger partial charge in [-0.05, 0) is 25.5 Å². The van der Waals surface area contributed by atoms with Crippen LogP contribution in [0.3, 0.4) is 0 Å². The van der Waals surface area contributed by atoms with E-state index in [1.54, 1.807) is 50.6 Å². The van der Waals surface area contributed by atoms with Crippen molar-refractivity contribution < 1.29 is 12.8 Å². The van der Waals surface area contributed by atoms with Crippen molar-refractivity contribution in [1.82, 2.24) is 19.5 Å². The zero-order valence-corrected chi connectivity index (χ0v) is 16.4. The Labute approximate surface area is 157 Å². The number of hydrogen-bond acceptors (Lipinski definition) is 5. The van der Waals surface area contributed by atoms with Gasteiger partial charge in [-0.2, -0.15) is 0 Å². The molecule has 0 amide bonds. The Morgan fingerprint density at radius 3 is 2.50 bits per heavy atom. The lowest BCUT2D eigenvalue weighted by molar-refractivity contribution is 0.528. The van der Waals surface area contributed by atoms with Crippen molar-refractivity contribution in [2.75, 3.05) is 0 Å². The molecule has 2 aromatic heterocycles. The summed E-state index contributed by atoms with van der Waals surface area (Å²) in [5, 5.41) is 8.34. The normalized spacial score (nSPS) is 11.9. The van der Waals surface area contributed by atoms with Crippen LogP contribution in [-0.2, 0) is 23.6 Å². The van der Waals surface area contributed by atoms with Crippen molar-refractivity contribution in [2.45, 2.75) is 32.2 Å². The molecule has 3 aromatic rings. The second kappa shape index (κ2) is 6.86. The van der Waals surface area contributed by atoms with E-state index >= 15 is 0 Å². The standard InChI is InChI=1S/C17H19ClN4O3S/c1-10-15(17-21-20-12(3)25-17)22(4)11(2)16(10)26(23,24)19-9-13-7-5-6-8-14(13)18/h5-8,19H,9H2,1-4H3. The van der Waals surface area contributed by atoms with Crippen LogP contribution in [0.2, 0.25) is 5.02 Å². The molecule has 2 heterocycles. The predicted molar refractivity (Wildman–Crippen MR) is 98.4 cm³/mol. The highest BCUT2D eigenvalue weighted by atomic mass is 35.5. The zero-order valence-electron chi connectivity index (χ0n) is 14.9. The van der Waals surface area contributed by atoms with Crippen LogP contribution in [0.15, 0.2) is 33.6 Å². The second-order valence-electron chi connectivity index (χ2n) is 5.99. The molecule has 0 saturated carbocycles. The van der Waals surface area contributed by atoms with Crippen molar-refractivity contribution in [2.24, 2.45) is 7.05 Å². The van der Waals surface area contributed by atoms with E-state index in [4.69, 9.17) is 16.0 Å². The molecule has 0 saturated heterocycles. The van der Waals surface area contributed by atoms with E-state index in [1.165, 1.54) is 0 Å². The minimum absolute atomic E-state index is 0.102. The van der Waals surface area contributed by atoms with Crippen LogP contribution in [0, 0.1) is 20.8 Å². The van der Waals surface area contributed by atoms with Gasteiger partial charge in [0.25, 0.3) is 5.89 Å². The Morgan fingerprint density at radius 2 is 1.88 bits per heavy atom. The Balaban J connectivity index is 1.99. The van der Waals surface area contributed by atoms with Gasteiger partial charge >= 0.3 is 0 Å². The van der Waals surface area contributed by atoms with Crippen LogP contribution < -0.4 is 4.72 Å². The molecule has 0 bridgehead atoms. The number of rotatable bonds is 5. The number of halogens is 1. The van der Waals surface area contributed by atoms with E-state index < -0.39 is 10.0 Å². The summed E-state index contributed by atoms with van der Waals surface area (Å²) in [7, 11) is -1.99. The van der Waals surface area contributed by atoms with Gasteiger partial charge in [0.15, 0.2) is 0 Å². The highest BCUT2D eigenvalue weighted by Crippen LogP contribution is 2.32. The van der Waals surface area contributed by atoms with Gasteiger partial charge in [-0.15, -0.1) is 10.2 Å². The molecule has 0 unspecified atom stereocenters. The average molecular weight is 395 g/mol. The number of nitrogens with one attached hydrogen (secondary N) is 1. The number of hydrogen-bond donors (Lipinski definition) is 1. The first-order valence-electron chi connectivity index (χ1n) is 7.91. The highest BCUT2D eigenvalue weighted by molar-refractivity contribution is 7.89. The van der Waals surface area contributed by atoms with Gasteiger partial charge in [-0.1, -0.05) is 29.8 Å². The molecule has 0 aliphatic heterocycles. The molecular formula is C17H19ClN4O3S. The first-order chi connectivity index (χ1) is 12.2. The van der Waals surface area contributed by atoms with E-state index in [1.807, 2.05) is 6.07 Å². The van der Waals surface area contributed by atoms with Crippen molar-refractivity contribution >= 4 is 21.6 Å². The number of benzene rings is 1. The molecule has 0 fully saturated rings. The third-order valence-electron chi connectivity index (χ3n) is 4.27. The topological polar surface area (TPSA) is 90.0 Å². The SMILES string of the molecule is Cc1nnc(-c2c(C)c(S(=O)(=O)NCc3ccccc3Cl)c(C)n2C)o1. The molecular weight excluding hydrogens is 376 g/mol. The van der Waals surface area contributed by atoms with Gasteiger partial charge in [0.2, 0.25) is 15.9 Å². The van der Waals surface area contributed by atoms with E-state index in [-0.39, 0.29) is 17.3 Å². The maximum atomic E-state index is 12.9. The monoisotopic (exact) mass is 394 g/mol. The van der Waals surface area contributed by atoms with Crippen molar-refractivity contribution in [1.29, 1.82) is 0 Å². The van der Waals surface area contributed by atoms with E-state index in [0.29, 0.717) is 33.4 Å². The highest BCUT2D eigenvalue weighted by Gasteiger charge is 2.28. The molecule has 9 heteroatoms. The summed E-state index contributed by atoms with van der Waals surface area (Å²) >= 11 is 6.11. The molecule has 7 nitrogen and oxygen atoms in total. The average Bonchev–Trinajstić information content (AvgIpc) is 3.08. The summed E-state index contributed by atoms with van der Waals surface area (Å²) in [6.07, 6.45) is 0. The quantitative estimate of drug-likeness (QED) is 0.717. The molecule has 0 radical (unpaired) electrons. The molecule has 0 aliphatic rings. The van der Waals surface area contributed by atoms with Crippen molar-refractivity contribution in [3.63, 3.8) is 0 Å². The van der Waals surface area contributed by atoms with Crippen LogP contribution in [0.1, 0.15) is 22.7 Å². The van der Waals surface area contributed by atoms with Crippen LogP contribution in [0.25, 0.3) is 11.6 Å². The molecule has 1 aromatic carbocycles. The largest absolute Gasteiger partial charge is 0.420 e. The zero-order chi connectivity index (χ0) is 19.1. The Hall–Kier alpha value is -2.16. The fourth-order valence-corrected chi connectivity index (χ4v) is 4.65. The molecule has 0 atom stereocenters. The van der Waals surface area contributed by atoms with E-state index in [9.17, 15) is 8.42 Å². The van der Waals surface area contributed by atoms with Crippen LogP contribution >= 0.6 is 11.6 Å². The maximum Gasteiger partial charge on any atom is 0.264 e.